The summed E-state index contributed by atoms with van der Waals surface area (Å²) in [4.78, 5) is 36.9. The molecule has 7 nitrogen and oxygen atoms in total. The van der Waals surface area contributed by atoms with Crippen LogP contribution in [0.4, 0.5) is 0 Å². The Hall–Kier alpha value is -1.63. The summed E-state index contributed by atoms with van der Waals surface area (Å²) in [5, 5.41) is 11.9. The van der Waals surface area contributed by atoms with Crippen molar-refractivity contribution in [3.05, 3.63) is 0 Å². The lowest BCUT2D eigenvalue weighted by molar-refractivity contribution is -0.159. The molecule has 3 fully saturated rings. The summed E-state index contributed by atoms with van der Waals surface area (Å²) in [6.07, 6.45) is 3.01. The second-order valence-electron chi connectivity index (χ2n) is 6.02. The van der Waals surface area contributed by atoms with Crippen molar-refractivity contribution in [3.8, 4) is 0 Å². The molecule has 0 aromatic carbocycles. The van der Waals surface area contributed by atoms with Crippen LogP contribution >= 0.6 is 0 Å². The summed E-state index contributed by atoms with van der Waals surface area (Å²) in [5.74, 6) is -1.40. The number of carbonyl (C=O) groups is 3. The molecule has 0 radical (unpaired) electrons. The predicted octanol–water partition coefficient (Wildman–Crippen LogP) is -0.112. The van der Waals surface area contributed by atoms with Gasteiger partial charge in [-0.2, -0.15) is 0 Å². The Morgan fingerprint density at radius 3 is 2.57 bits per heavy atom. The first kappa shape index (κ1) is 14.3. The van der Waals surface area contributed by atoms with Crippen LogP contribution in [0.5, 0.6) is 0 Å². The smallest absolute Gasteiger partial charge is 0.332 e. The van der Waals surface area contributed by atoms with Crippen molar-refractivity contribution in [2.75, 3.05) is 6.54 Å². The van der Waals surface area contributed by atoms with Crippen molar-refractivity contribution in [3.63, 3.8) is 0 Å². The van der Waals surface area contributed by atoms with Crippen molar-refractivity contribution in [2.24, 2.45) is 0 Å². The number of fused-ring (bicyclic) bond motifs is 1. The number of carboxylic acid groups (broad SMARTS) is 1. The van der Waals surface area contributed by atoms with Crippen LogP contribution in [0, 0.1) is 0 Å². The maximum absolute atomic E-state index is 12.6. The Labute approximate surface area is 122 Å². The molecule has 4 atom stereocenters. The maximum atomic E-state index is 12.6. The first-order valence-electron chi connectivity index (χ1n) is 7.54. The van der Waals surface area contributed by atoms with Gasteiger partial charge in [-0.25, -0.2) is 4.79 Å². The summed E-state index contributed by atoms with van der Waals surface area (Å²) in [6, 6.07) is 0.0528. The molecule has 2 saturated heterocycles. The number of rotatable bonds is 2. The maximum Gasteiger partial charge on any atom is 0.332 e. The van der Waals surface area contributed by atoms with Gasteiger partial charge in [0.1, 0.15) is 6.10 Å². The van der Waals surface area contributed by atoms with Gasteiger partial charge in [-0.15, -0.1) is 0 Å². The number of nitrogens with one attached hydrogen (secondary N) is 1. The van der Waals surface area contributed by atoms with E-state index >= 15 is 0 Å². The summed E-state index contributed by atoms with van der Waals surface area (Å²) in [5.41, 5.74) is 0. The van der Waals surface area contributed by atoms with Crippen LogP contribution in [0.2, 0.25) is 0 Å². The molecule has 2 N–H and O–H groups in total. The topological polar surface area (TPSA) is 95.9 Å². The Balaban J connectivity index is 1.70. The van der Waals surface area contributed by atoms with Crippen molar-refractivity contribution in [2.45, 2.75) is 62.8 Å². The Bertz CT molecular complexity index is 466. The molecule has 21 heavy (non-hydrogen) atoms. The summed E-state index contributed by atoms with van der Waals surface area (Å²) < 4.78 is 5.33. The summed E-state index contributed by atoms with van der Waals surface area (Å²) in [7, 11) is 0. The Morgan fingerprint density at radius 2 is 1.86 bits per heavy atom. The monoisotopic (exact) mass is 296 g/mol. The van der Waals surface area contributed by atoms with Gasteiger partial charge in [0.15, 0.2) is 6.10 Å². The number of carbonyl (C=O) groups excluding carboxylic acids is 2. The number of hydrogen-bond acceptors (Lipinski definition) is 4. The quantitative estimate of drug-likeness (QED) is 0.741. The van der Waals surface area contributed by atoms with Crippen molar-refractivity contribution >= 4 is 17.8 Å². The van der Waals surface area contributed by atoms with E-state index in [1.54, 1.807) is 4.90 Å². The van der Waals surface area contributed by atoms with Gasteiger partial charge in [0.25, 0.3) is 5.91 Å². The standard InChI is InChI=1S/C14H20N2O5/c17-12-7-16(9-4-2-1-3-8(9)15-12)13(18)10-5-6-11(21-10)14(19)20/h8-11H,1-7H2,(H,15,17)(H,19,20)/t8?,9?,10-,11+/m0/s1. The van der Waals surface area contributed by atoms with E-state index in [-0.39, 0.29) is 30.4 Å². The Kier molecular flexibility index (Phi) is 3.84. The molecule has 1 aliphatic carbocycles. The van der Waals surface area contributed by atoms with Crippen LogP contribution in [0.15, 0.2) is 0 Å². The summed E-state index contributed by atoms with van der Waals surface area (Å²) >= 11 is 0. The van der Waals surface area contributed by atoms with Crippen LogP contribution in [-0.4, -0.2) is 58.6 Å². The van der Waals surface area contributed by atoms with Crippen LogP contribution in [0.25, 0.3) is 0 Å². The highest BCUT2D eigenvalue weighted by atomic mass is 16.5. The summed E-state index contributed by atoms with van der Waals surface area (Å²) in [6.45, 7) is 0.0532. The molecule has 7 heteroatoms. The van der Waals surface area contributed by atoms with Crippen molar-refractivity contribution in [1.29, 1.82) is 0 Å². The molecule has 0 spiro atoms. The number of nitrogens with zero attached hydrogens (tertiary/aromatic N) is 1. The van der Waals surface area contributed by atoms with E-state index in [0.717, 1.165) is 25.7 Å². The number of carboxylic acids is 1. The SMILES string of the molecule is O=C1CN(C(=O)[C@@H]2CC[C@H](C(=O)O)O2)C2CCCCC2N1. The number of hydrogen-bond donors (Lipinski definition) is 2. The van der Waals surface area contributed by atoms with E-state index < -0.39 is 18.2 Å². The van der Waals surface area contributed by atoms with E-state index in [4.69, 9.17) is 9.84 Å². The average Bonchev–Trinajstić information content (AvgIpc) is 2.95. The van der Waals surface area contributed by atoms with E-state index in [0.29, 0.717) is 12.8 Å². The zero-order valence-electron chi connectivity index (χ0n) is 11.8. The van der Waals surface area contributed by atoms with Gasteiger partial charge in [0, 0.05) is 6.04 Å². The normalized spacial score (nSPS) is 36.0. The minimum Gasteiger partial charge on any atom is -0.479 e. The Morgan fingerprint density at radius 1 is 1.14 bits per heavy atom. The fourth-order valence-corrected chi connectivity index (χ4v) is 3.60. The highest BCUT2D eigenvalue weighted by molar-refractivity contribution is 5.89. The molecule has 0 aromatic heterocycles. The fourth-order valence-electron chi connectivity index (χ4n) is 3.60. The van der Waals surface area contributed by atoms with Crippen LogP contribution in [-0.2, 0) is 19.1 Å². The highest BCUT2D eigenvalue weighted by Crippen LogP contribution is 2.29. The van der Waals surface area contributed by atoms with Crippen molar-refractivity contribution < 1.29 is 24.2 Å². The van der Waals surface area contributed by atoms with Gasteiger partial charge in [0.05, 0.1) is 12.6 Å². The molecule has 2 heterocycles. The zero-order valence-corrected chi connectivity index (χ0v) is 11.8. The number of piperazine rings is 1. The van der Waals surface area contributed by atoms with Gasteiger partial charge in [0.2, 0.25) is 5.91 Å². The molecule has 3 aliphatic rings. The van der Waals surface area contributed by atoms with Gasteiger partial charge in [-0.1, -0.05) is 12.8 Å². The molecule has 0 bridgehead atoms. The molecule has 2 amide bonds. The molecule has 2 aliphatic heterocycles. The molecule has 2 unspecified atom stereocenters. The van der Waals surface area contributed by atoms with E-state index in [1.807, 2.05) is 0 Å². The molecule has 1 saturated carbocycles. The van der Waals surface area contributed by atoms with E-state index in [9.17, 15) is 14.4 Å². The van der Waals surface area contributed by atoms with Gasteiger partial charge in [-0.05, 0) is 25.7 Å². The lowest BCUT2D eigenvalue weighted by Crippen LogP contribution is -2.64. The average molecular weight is 296 g/mol. The molecule has 0 aromatic rings. The van der Waals surface area contributed by atoms with Gasteiger partial charge >= 0.3 is 5.97 Å². The zero-order chi connectivity index (χ0) is 15.0. The number of amides is 2. The first-order valence-corrected chi connectivity index (χ1v) is 7.54. The number of aliphatic carboxylic acids is 1. The van der Waals surface area contributed by atoms with E-state index in [2.05, 4.69) is 5.32 Å². The van der Waals surface area contributed by atoms with E-state index in [1.165, 1.54) is 0 Å². The van der Waals surface area contributed by atoms with Gasteiger partial charge < -0.3 is 20.1 Å². The van der Waals surface area contributed by atoms with Gasteiger partial charge in [-0.3, -0.25) is 9.59 Å². The third-order valence-electron chi connectivity index (χ3n) is 4.64. The minimum absolute atomic E-state index is 0.0245. The third kappa shape index (κ3) is 2.74. The highest BCUT2D eigenvalue weighted by Gasteiger charge is 2.43. The number of ether oxygens (including phenoxy) is 1. The lowest BCUT2D eigenvalue weighted by atomic mass is 9.87. The largest absolute Gasteiger partial charge is 0.479 e. The molecular formula is C14H20N2O5. The minimum atomic E-state index is -1.03. The predicted molar refractivity (Wildman–Crippen MR) is 71.4 cm³/mol. The van der Waals surface area contributed by atoms with Crippen molar-refractivity contribution in [1.82, 2.24) is 10.2 Å². The second kappa shape index (κ2) is 5.63. The lowest BCUT2D eigenvalue weighted by Gasteiger charge is -2.44. The molecule has 3 rings (SSSR count). The first-order chi connectivity index (χ1) is 10.1. The molecule has 116 valence electrons. The second-order valence-corrected chi connectivity index (χ2v) is 6.02. The third-order valence-corrected chi connectivity index (χ3v) is 4.64. The van der Waals surface area contributed by atoms with Crippen LogP contribution in [0.3, 0.4) is 0 Å². The molecular weight excluding hydrogens is 276 g/mol. The fraction of sp³-hybridized carbons (Fsp3) is 0.786. The van der Waals surface area contributed by atoms with Crippen LogP contribution in [0.1, 0.15) is 38.5 Å². The van der Waals surface area contributed by atoms with Crippen LogP contribution < -0.4 is 5.32 Å².